The molecule has 0 spiro atoms. The van der Waals surface area contributed by atoms with Crippen molar-refractivity contribution in [3.05, 3.63) is 53.6 Å². The third kappa shape index (κ3) is 4.95. The molecule has 4 rings (SSSR count). The van der Waals surface area contributed by atoms with Gasteiger partial charge >= 0.3 is 0 Å². The number of aryl methyl sites for hydroxylation is 1. The molecule has 0 radical (unpaired) electrons. The highest BCUT2D eigenvalue weighted by Gasteiger charge is 2.24. The van der Waals surface area contributed by atoms with Crippen molar-refractivity contribution in [1.82, 2.24) is 9.88 Å². The third-order valence-corrected chi connectivity index (χ3v) is 7.49. The Morgan fingerprint density at radius 2 is 1.94 bits per heavy atom. The Morgan fingerprint density at radius 1 is 1.19 bits per heavy atom. The summed E-state index contributed by atoms with van der Waals surface area (Å²) in [5.41, 5.74) is 2.28. The lowest BCUT2D eigenvalue weighted by atomic mass is 10.2. The van der Waals surface area contributed by atoms with Gasteiger partial charge in [0.1, 0.15) is 0 Å². The molecular weight excluding hydrogens is 434 g/mol. The Labute approximate surface area is 186 Å². The number of aromatic nitrogens is 1. The normalized spacial score (nSPS) is 15.3. The van der Waals surface area contributed by atoms with Crippen LogP contribution in [0, 0.1) is 6.92 Å². The number of anilines is 1. The van der Waals surface area contributed by atoms with E-state index in [1.807, 2.05) is 25.1 Å². The lowest BCUT2D eigenvalue weighted by molar-refractivity contribution is 0.0391. The minimum absolute atomic E-state index is 0.131. The number of hydrogen-bond acceptors (Lipinski definition) is 7. The average Bonchev–Trinajstić information content (AvgIpc) is 3.19. The molecule has 0 unspecified atom stereocenters. The summed E-state index contributed by atoms with van der Waals surface area (Å²) < 4.78 is 30.4. The molecule has 1 aromatic heterocycles. The topological polar surface area (TPSA) is 79.8 Å². The Balaban J connectivity index is 1.68. The molecule has 1 amide bonds. The number of carbonyl (C=O) groups is 1. The Bertz CT molecular complexity index is 1200. The molecule has 1 aliphatic rings. The maximum absolute atomic E-state index is 13.5. The van der Waals surface area contributed by atoms with E-state index in [9.17, 15) is 13.2 Å². The number of benzene rings is 2. The van der Waals surface area contributed by atoms with Crippen molar-refractivity contribution in [2.75, 3.05) is 50.5 Å². The van der Waals surface area contributed by atoms with Crippen molar-refractivity contribution in [2.45, 2.75) is 11.8 Å². The van der Waals surface area contributed by atoms with E-state index >= 15 is 0 Å². The Kier molecular flexibility index (Phi) is 6.38. The Morgan fingerprint density at radius 3 is 2.65 bits per heavy atom. The SMILES string of the molecule is Cc1cccc2sc(N(CCN3CCOCC3)C(=O)c3cccc(S(C)(=O)=O)c3)nc12. The maximum atomic E-state index is 13.5. The van der Waals surface area contributed by atoms with Gasteiger partial charge < -0.3 is 4.74 Å². The summed E-state index contributed by atoms with van der Waals surface area (Å²) in [4.78, 5) is 22.3. The van der Waals surface area contributed by atoms with Crippen LogP contribution in [0.5, 0.6) is 0 Å². The first-order valence-electron chi connectivity index (χ1n) is 10.1. The molecule has 7 nitrogen and oxygen atoms in total. The fraction of sp³-hybridized carbons (Fsp3) is 0.364. The second kappa shape index (κ2) is 9.04. The molecule has 3 aromatic rings. The van der Waals surface area contributed by atoms with Crippen LogP contribution < -0.4 is 4.90 Å². The zero-order chi connectivity index (χ0) is 22.0. The molecule has 2 aromatic carbocycles. The lowest BCUT2D eigenvalue weighted by Crippen LogP contribution is -2.43. The molecule has 1 aliphatic heterocycles. The molecule has 9 heteroatoms. The number of amides is 1. The highest BCUT2D eigenvalue weighted by molar-refractivity contribution is 7.90. The number of fused-ring (bicyclic) bond motifs is 1. The van der Waals surface area contributed by atoms with E-state index in [-0.39, 0.29) is 10.8 Å². The fourth-order valence-electron chi connectivity index (χ4n) is 3.56. The first-order chi connectivity index (χ1) is 14.8. The minimum Gasteiger partial charge on any atom is -0.379 e. The van der Waals surface area contributed by atoms with Gasteiger partial charge in [-0.2, -0.15) is 0 Å². The van der Waals surface area contributed by atoms with Crippen LogP contribution in [0.2, 0.25) is 0 Å². The van der Waals surface area contributed by atoms with E-state index in [4.69, 9.17) is 9.72 Å². The zero-order valence-corrected chi connectivity index (χ0v) is 19.2. The molecule has 0 bridgehead atoms. The molecule has 0 aliphatic carbocycles. The number of thiazole rings is 1. The van der Waals surface area contributed by atoms with Crippen molar-refractivity contribution in [2.24, 2.45) is 0 Å². The summed E-state index contributed by atoms with van der Waals surface area (Å²) in [7, 11) is -3.41. The van der Waals surface area contributed by atoms with Crippen LogP contribution in [0.3, 0.4) is 0 Å². The van der Waals surface area contributed by atoms with Crippen molar-refractivity contribution >= 4 is 42.4 Å². The number of para-hydroxylation sites is 1. The van der Waals surface area contributed by atoms with Crippen LogP contribution in [0.4, 0.5) is 5.13 Å². The standard InChI is InChI=1S/C22H25N3O4S2/c1-16-5-3-8-19-20(16)23-22(30-19)25(10-9-24-11-13-29-14-12-24)21(26)17-6-4-7-18(15-17)31(2,27)28/h3-8,15H,9-14H2,1-2H3. The van der Waals surface area contributed by atoms with Gasteiger partial charge in [-0.3, -0.25) is 14.6 Å². The van der Waals surface area contributed by atoms with Crippen LogP contribution in [-0.2, 0) is 14.6 Å². The summed E-state index contributed by atoms with van der Waals surface area (Å²) >= 11 is 1.47. The molecule has 2 heterocycles. The number of morpholine rings is 1. The van der Waals surface area contributed by atoms with Gasteiger partial charge in [-0.15, -0.1) is 0 Å². The van der Waals surface area contributed by atoms with Gasteiger partial charge in [0, 0.05) is 38.0 Å². The van der Waals surface area contributed by atoms with Gasteiger partial charge in [-0.05, 0) is 36.8 Å². The number of rotatable bonds is 6. The van der Waals surface area contributed by atoms with Crippen LogP contribution in [0.25, 0.3) is 10.2 Å². The number of nitrogens with zero attached hydrogens (tertiary/aromatic N) is 3. The first kappa shape index (κ1) is 21.9. The minimum atomic E-state index is -3.41. The second-order valence-corrected chi connectivity index (χ2v) is 10.7. The van der Waals surface area contributed by atoms with Crippen molar-refractivity contribution < 1.29 is 17.9 Å². The summed E-state index contributed by atoms with van der Waals surface area (Å²) in [5.74, 6) is -0.254. The van der Waals surface area contributed by atoms with Crippen molar-refractivity contribution in [3.63, 3.8) is 0 Å². The van der Waals surface area contributed by atoms with E-state index in [0.717, 1.165) is 35.1 Å². The van der Waals surface area contributed by atoms with Crippen LogP contribution >= 0.6 is 11.3 Å². The van der Waals surface area contributed by atoms with E-state index in [1.54, 1.807) is 17.0 Å². The summed E-state index contributed by atoms with van der Waals surface area (Å²) in [6.07, 6.45) is 1.14. The quantitative estimate of drug-likeness (QED) is 0.564. The van der Waals surface area contributed by atoms with Gasteiger partial charge in [0.15, 0.2) is 15.0 Å². The monoisotopic (exact) mass is 459 g/mol. The highest BCUT2D eigenvalue weighted by Crippen LogP contribution is 2.31. The largest absolute Gasteiger partial charge is 0.379 e. The number of sulfone groups is 1. The summed E-state index contributed by atoms with van der Waals surface area (Å²) in [6, 6.07) is 12.2. The Hall–Kier alpha value is -2.33. The predicted octanol–water partition coefficient (Wildman–Crippen LogP) is 2.99. The van der Waals surface area contributed by atoms with Crippen LogP contribution in [0.15, 0.2) is 47.4 Å². The predicted molar refractivity (Wildman–Crippen MR) is 123 cm³/mol. The van der Waals surface area contributed by atoms with Crippen LogP contribution in [0.1, 0.15) is 15.9 Å². The molecule has 0 atom stereocenters. The van der Waals surface area contributed by atoms with Gasteiger partial charge in [-0.1, -0.05) is 29.5 Å². The molecular formula is C22H25N3O4S2. The molecule has 164 valence electrons. The van der Waals surface area contributed by atoms with Gasteiger partial charge in [-0.25, -0.2) is 13.4 Å². The van der Waals surface area contributed by atoms with Crippen molar-refractivity contribution in [3.8, 4) is 0 Å². The van der Waals surface area contributed by atoms with Crippen molar-refractivity contribution in [1.29, 1.82) is 0 Å². The smallest absolute Gasteiger partial charge is 0.260 e. The van der Waals surface area contributed by atoms with Gasteiger partial charge in [0.2, 0.25) is 0 Å². The molecule has 0 saturated carbocycles. The van der Waals surface area contributed by atoms with E-state index in [1.165, 1.54) is 23.5 Å². The van der Waals surface area contributed by atoms with Gasteiger partial charge in [0.05, 0.1) is 28.3 Å². The molecule has 1 fully saturated rings. The average molecular weight is 460 g/mol. The lowest BCUT2D eigenvalue weighted by Gasteiger charge is -2.29. The van der Waals surface area contributed by atoms with E-state index < -0.39 is 9.84 Å². The van der Waals surface area contributed by atoms with E-state index in [2.05, 4.69) is 4.90 Å². The third-order valence-electron chi connectivity index (χ3n) is 5.34. The number of ether oxygens (including phenoxy) is 1. The van der Waals surface area contributed by atoms with Crippen LogP contribution in [-0.4, -0.2) is 69.9 Å². The highest BCUT2D eigenvalue weighted by atomic mass is 32.2. The number of hydrogen-bond donors (Lipinski definition) is 0. The molecule has 0 N–H and O–H groups in total. The summed E-state index contributed by atoms with van der Waals surface area (Å²) in [5, 5.41) is 0.618. The fourth-order valence-corrected chi connectivity index (χ4v) is 5.29. The zero-order valence-electron chi connectivity index (χ0n) is 17.6. The molecule has 31 heavy (non-hydrogen) atoms. The molecule has 1 saturated heterocycles. The van der Waals surface area contributed by atoms with E-state index in [0.29, 0.717) is 37.0 Å². The maximum Gasteiger partial charge on any atom is 0.260 e. The summed E-state index contributed by atoms with van der Waals surface area (Å²) in [6.45, 7) is 6.17. The number of carbonyl (C=O) groups excluding carboxylic acids is 1. The first-order valence-corrected chi connectivity index (χ1v) is 12.8. The second-order valence-electron chi connectivity index (χ2n) is 7.63. The van der Waals surface area contributed by atoms with Gasteiger partial charge in [0.25, 0.3) is 5.91 Å².